The third kappa shape index (κ3) is 11.3. The van der Waals surface area contributed by atoms with Crippen molar-refractivity contribution >= 4 is 0 Å². The van der Waals surface area contributed by atoms with Crippen LogP contribution in [0.5, 0.6) is 0 Å². The summed E-state index contributed by atoms with van der Waals surface area (Å²) in [6, 6.07) is 0. The molecule has 0 unspecified atom stereocenters. The van der Waals surface area contributed by atoms with Gasteiger partial charge in [0, 0.05) is 6.20 Å². The molecule has 0 aromatic carbocycles. The number of nitrogens with zero attached hydrogens (tertiary/aromatic N) is 4. The minimum Gasteiger partial charge on any atom is -0.284 e. The molecule has 1 rings (SSSR count). The Morgan fingerprint density at radius 1 is 0.739 bits per heavy atom. The zero-order chi connectivity index (χ0) is 16.6. The van der Waals surface area contributed by atoms with E-state index in [9.17, 15) is 0 Å². The van der Waals surface area contributed by atoms with Crippen molar-refractivity contribution in [3.8, 4) is 0 Å². The Kier molecular flexibility index (Phi) is 12.9. The monoisotopic (exact) mass is 322 g/mol. The van der Waals surface area contributed by atoms with E-state index in [1.54, 1.807) is 6.20 Å². The van der Waals surface area contributed by atoms with Gasteiger partial charge in [-0.2, -0.15) is 0 Å². The van der Waals surface area contributed by atoms with Gasteiger partial charge in [0.1, 0.15) is 0 Å². The van der Waals surface area contributed by atoms with E-state index in [1.807, 2.05) is 10.9 Å². The highest BCUT2D eigenvalue weighted by Gasteiger charge is 2.06. The summed E-state index contributed by atoms with van der Waals surface area (Å²) in [6.45, 7) is 7.84. The second kappa shape index (κ2) is 14.7. The summed E-state index contributed by atoms with van der Waals surface area (Å²) in [5.74, 6) is 0. The van der Waals surface area contributed by atoms with Crippen molar-refractivity contribution < 1.29 is 0 Å². The van der Waals surface area contributed by atoms with Crippen LogP contribution in [0.2, 0.25) is 0 Å². The fourth-order valence-corrected chi connectivity index (χ4v) is 3.00. The lowest BCUT2D eigenvalue weighted by Gasteiger charge is -2.22. The summed E-state index contributed by atoms with van der Waals surface area (Å²) >= 11 is 0. The van der Waals surface area contributed by atoms with Crippen molar-refractivity contribution in [1.29, 1.82) is 0 Å². The van der Waals surface area contributed by atoms with Crippen LogP contribution in [0, 0.1) is 0 Å². The summed E-state index contributed by atoms with van der Waals surface area (Å²) < 4.78 is 1.95. The Morgan fingerprint density at radius 3 is 1.74 bits per heavy atom. The van der Waals surface area contributed by atoms with Gasteiger partial charge in [-0.15, -0.1) is 5.10 Å². The topological polar surface area (TPSA) is 34.0 Å². The first-order valence-electron chi connectivity index (χ1n) is 9.93. The maximum atomic E-state index is 4.12. The fraction of sp³-hybridized carbons (Fsp3) is 0.895. The number of unbranched alkanes of at least 4 members (excludes halogenated alkanes) is 10. The molecule has 23 heavy (non-hydrogen) atoms. The van der Waals surface area contributed by atoms with Crippen LogP contribution in [0.4, 0.5) is 0 Å². The van der Waals surface area contributed by atoms with Crippen LogP contribution in [0.25, 0.3) is 0 Å². The largest absolute Gasteiger partial charge is 0.284 e. The molecule has 0 aliphatic rings. The number of hydrogen-bond donors (Lipinski definition) is 0. The molecule has 4 heteroatoms. The van der Waals surface area contributed by atoms with E-state index in [1.165, 1.54) is 90.1 Å². The number of hydrogen-bond acceptors (Lipinski definition) is 3. The highest BCUT2D eigenvalue weighted by molar-refractivity contribution is 4.65. The van der Waals surface area contributed by atoms with Crippen LogP contribution >= 0.6 is 0 Å². The molecule has 0 atom stereocenters. The standard InChI is InChI=1S/C19H38N4/c1-3-5-7-9-11-13-16-22(19-23-18-15-20-21-23)17-14-12-10-8-6-4-2/h15,18H,3-14,16-17,19H2,1-2H3. The third-order valence-corrected chi connectivity index (χ3v) is 4.47. The maximum absolute atomic E-state index is 4.12. The molecule has 0 N–H and O–H groups in total. The smallest absolute Gasteiger partial charge is 0.0946 e. The Hall–Kier alpha value is -0.900. The molecule has 134 valence electrons. The second-order valence-corrected chi connectivity index (χ2v) is 6.74. The fourth-order valence-electron chi connectivity index (χ4n) is 3.00. The van der Waals surface area contributed by atoms with E-state index in [0.717, 1.165) is 6.67 Å². The van der Waals surface area contributed by atoms with Crippen molar-refractivity contribution in [1.82, 2.24) is 19.9 Å². The van der Waals surface area contributed by atoms with E-state index in [2.05, 4.69) is 29.1 Å². The van der Waals surface area contributed by atoms with Crippen molar-refractivity contribution in [2.45, 2.75) is 97.6 Å². The van der Waals surface area contributed by atoms with E-state index < -0.39 is 0 Å². The first kappa shape index (κ1) is 20.1. The molecule has 0 aliphatic heterocycles. The van der Waals surface area contributed by atoms with Crippen LogP contribution in [-0.4, -0.2) is 33.0 Å². The van der Waals surface area contributed by atoms with E-state index in [-0.39, 0.29) is 0 Å². The minimum atomic E-state index is 0.893. The zero-order valence-electron chi connectivity index (χ0n) is 15.6. The van der Waals surface area contributed by atoms with Crippen LogP contribution in [0.15, 0.2) is 12.4 Å². The summed E-state index contributed by atoms with van der Waals surface area (Å²) in [7, 11) is 0. The minimum absolute atomic E-state index is 0.893. The van der Waals surface area contributed by atoms with E-state index in [4.69, 9.17) is 0 Å². The van der Waals surface area contributed by atoms with Gasteiger partial charge < -0.3 is 0 Å². The summed E-state index contributed by atoms with van der Waals surface area (Å²) in [5.41, 5.74) is 0. The van der Waals surface area contributed by atoms with E-state index in [0.29, 0.717) is 0 Å². The molecular weight excluding hydrogens is 284 g/mol. The summed E-state index contributed by atoms with van der Waals surface area (Å²) in [4.78, 5) is 2.55. The molecule has 0 amide bonds. The van der Waals surface area contributed by atoms with Crippen LogP contribution in [0.3, 0.4) is 0 Å². The second-order valence-electron chi connectivity index (χ2n) is 6.74. The normalized spacial score (nSPS) is 11.4. The molecule has 0 saturated heterocycles. The molecule has 4 nitrogen and oxygen atoms in total. The molecule has 0 radical (unpaired) electrons. The quantitative estimate of drug-likeness (QED) is 0.389. The van der Waals surface area contributed by atoms with Gasteiger partial charge in [-0.1, -0.05) is 83.3 Å². The molecule has 0 aliphatic carbocycles. The molecular formula is C19H38N4. The Bertz CT molecular complexity index is 321. The van der Waals surface area contributed by atoms with Gasteiger partial charge >= 0.3 is 0 Å². The van der Waals surface area contributed by atoms with Gasteiger partial charge in [-0.3, -0.25) is 4.90 Å². The molecule has 1 aromatic rings. The average Bonchev–Trinajstić information content (AvgIpc) is 3.06. The highest BCUT2D eigenvalue weighted by Crippen LogP contribution is 2.09. The van der Waals surface area contributed by atoms with Crippen LogP contribution in [0.1, 0.15) is 90.9 Å². The highest BCUT2D eigenvalue weighted by atomic mass is 15.5. The van der Waals surface area contributed by atoms with Gasteiger partial charge in [0.2, 0.25) is 0 Å². The lowest BCUT2D eigenvalue weighted by molar-refractivity contribution is 0.196. The van der Waals surface area contributed by atoms with Gasteiger partial charge in [0.25, 0.3) is 0 Å². The first-order valence-corrected chi connectivity index (χ1v) is 9.93. The molecule has 0 spiro atoms. The number of rotatable bonds is 16. The molecule has 0 bridgehead atoms. The molecule has 0 fully saturated rings. The predicted octanol–water partition coefficient (Wildman–Crippen LogP) is 5.26. The Morgan fingerprint density at radius 2 is 1.26 bits per heavy atom. The SMILES string of the molecule is CCCCCCCCN(CCCCCCCC)Cn1ccnn1. The lowest BCUT2D eigenvalue weighted by atomic mass is 10.1. The van der Waals surface area contributed by atoms with Gasteiger partial charge in [0.05, 0.1) is 12.9 Å². The third-order valence-electron chi connectivity index (χ3n) is 4.47. The van der Waals surface area contributed by atoms with Crippen molar-refractivity contribution in [3.05, 3.63) is 12.4 Å². The lowest BCUT2D eigenvalue weighted by Crippen LogP contribution is -2.29. The van der Waals surface area contributed by atoms with Crippen LogP contribution < -0.4 is 0 Å². The van der Waals surface area contributed by atoms with Crippen molar-refractivity contribution in [3.63, 3.8) is 0 Å². The zero-order valence-corrected chi connectivity index (χ0v) is 15.6. The number of aromatic nitrogens is 3. The first-order chi connectivity index (χ1) is 11.4. The average molecular weight is 323 g/mol. The summed E-state index contributed by atoms with van der Waals surface area (Å²) in [6.07, 6.45) is 20.1. The molecule has 1 aromatic heterocycles. The van der Waals surface area contributed by atoms with Gasteiger partial charge in [-0.05, 0) is 25.9 Å². The molecule has 0 saturated carbocycles. The Balaban J connectivity index is 2.17. The maximum Gasteiger partial charge on any atom is 0.0946 e. The van der Waals surface area contributed by atoms with Gasteiger partial charge in [0.15, 0.2) is 0 Å². The van der Waals surface area contributed by atoms with Crippen molar-refractivity contribution in [2.24, 2.45) is 0 Å². The molecule has 1 heterocycles. The Labute approximate surface area is 143 Å². The van der Waals surface area contributed by atoms with Gasteiger partial charge in [-0.25, -0.2) is 4.68 Å². The van der Waals surface area contributed by atoms with Crippen molar-refractivity contribution in [2.75, 3.05) is 13.1 Å². The summed E-state index contributed by atoms with van der Waals surface area (Å²) in [5, 5.41) is 8.04. The van der Waals surface area contributed by atoms with E-state index >= 15 is 0 Å². The van der Waals surface area contributed by atoms with Crippen LogP contribution in [-0.2, 0) is 6.67 Å². The predicted molar refractivity (Wildman–Crippen MR) is 98.3 cm³/mol.